The summed E-state index contributed by atoms with van der Waals surface area (Å²) in [5.74, 6) is 0.0551. The molecule has 0 saturated carbocycles. The van der Waals surface area contributed by atoms with Gasteiger partial charge in [0, 0.05) is 5.75 Å². The van der Waals surface area contributed by atoms with Crippen molar-refractivity contribution in [1.29, 1.82) is 0 Å². The Kier molecular flexibility index (Phi) is 8.52. The van der Waals surface area contributed by atoms with Crippen molar-refractivity contribution in [3.63, 3.8) is 0 Å². The fraction of sp³-hybridized carbons (Fsp3) is 0.929. The van der Waals surface area contributed by atoms with Crippen LogP contribution in [0.2, 0.25) is 0 Å². The predicted molar refractivity (Wildman–Crippen MR) is 78.6 cm³/mol. The van der Waals surface area contributed by atoms with Crippen LogP contribution in [0.5, 0.6) is 0 Å². The summed E-state index contributed by atoms with van der Waals surface area (Å²) in [6.07, 6.45) is 2.49. The SMILES string of the molecule is C[C@H]1CCCCC[C@H](O)[C@@H](O)C[C@@H](SCCO)C(=O)O1. The summed E-state index contributed by atoms with van der Waals surface area (Å²) in [5.41, 5.74) is 0. The standard InChI is InChI=1S/C14H26O5S/c1-10-5-3-2-4-6-11(16)12(17)9-13(14(18)19-10)20-8-7-15/h10-13,15-17H,2-9H2,1H3/t10-,11-,12-,13+/m0/s1. The zero-order valence-corrected chi connectivity index (χ0v) is 12.8. The number of esters is 1. The first kappa shape index (κ1) is 17.8. The van der Waals surface area contributed by atoms with Crippen molar-refractivity contribution in [3.05, 3.63) is 0 Å². The highest BCUT2D eigenvalue weighted by Crippen LogP contribution is 2.23. The fourth-order valence-electron chi connectivity index (χ4n) is 2.29. The summed E-state index contributed by atoms with van der Waals surface area (Å²) in [4.78, 5) is 12.1. The maximum atomic E-state index is 12.1. The third-order valence-electron chi connectivity index (χ3n) is 3.50. The monoisotopic (exact) mass is 306 g/mol. The molecule has 0 amide bonds. The van der Waals surface area contributed by atoms with Gasteiger partial charge >= 0.3 is 5.97 Å². The largest absolute Gasteiger partial charge is 0.462 e. The Labute approximate surface area is 124 Å². The average molecular weight is 306 g/mol. The van der Waals surface area contributed by atoms with Crippen LogP contribution < -0.4 is 0 Å². The van der Waals surface area contributed by atoms with Crippen molar-refractivity contribution in [2.45, 2.75) is 69.0 Å². The Hall–Kier alpha value is -0.300. The van der Waals surface area contributed by atoms with Gasteiger partial charge in [0.1, 0.15) is 5.25 Å². The zero-order valence-electron chi connectivity index (χ0n) is 12.0. The van der Waals surface area contributed by atoms with E-state index in [2.05, 4.69) is 0 Å². The molecule has 1 saturated heterocycles. The van der Waals surface area contributed by atoms with E-state index in [0.717, 1.165) is 25.7 Å². The number of hydrogen-bond acceptors (Lipinski definition) is 6. The maximum absolute atomic E-state index is 12.1. The molecule has 5 nitrogen and oxygen atoms in total. The molecule has 0 spiro atoms. The summed E-state index contributed by atoms with van der Waals surface area (Å²) in [5, 5.41) is 28.2. The van der Waals surface area contributed by atoms with E-state index < -0.39 is 17.5 Å². The maximum Gasteiger partial charge on any atom is 0.319 e. The van der Waals surface area contributed by atoms with Crippen molar-refractivity contribution >= 4 is 17.7 Å². The van der Waals surface area contributed by atoms with Gasteiger partial charge in [-0.15, -0.1) is 11.8 Å². The highest BCUT2D eigenvalue weighted by molar-refractivity contribution is 8.00. The van der Waals surface area contributed by atoms with Crippen molar-refractivity contribution < 1.29 is 24.9 Å². The van der Waals surface area contributed by atoms with Gasteiger partial charge in [-0.2, -0.15) is 0 Å². The van der Waals surface area contributed by atoms with E-state index >= 15 is 0 Å². The lowest BCUT2D eigenvalue weighted by Crippen LogP contribution is -2.34. The van der Waals surface area contributed by atoms with Crippen LogP contribution in [0.4, 0.5) is 0 Å². The topological polar surface area (TPSA) is 87.0 Å². The van der Waals surface area contributed by atoms with Gasteiger partial charge in [0.15, 0.2) is 0 Å². The predicted octanol–water partition coefficient (Wildman–Crippen LogP) is 1.09. The molecule has 0 radical (unpaired) electrons. The van der Waals surface area contributed by atoms with Crippen molar-refractivity contribution in [3.8, 4) is 0 Å². The number of hydrogen-bond donors (Lipinski definition) is 3. The van der Waals surface area contributed by atoms with Crippen LogP contribution in [0.25, 0.3) is 0 Å². The van der Waals surface area contributed by atoms with Crippen molar-refractivity contribution in [2.75, 3.05) is 12.4 Å². The molecule has 0 unspecified atom stereocenters. The van der Waals surface area contributed by atoms with Gasteiger partial charge in [0.25, 0.3) is 0 Å². The molecular weight excluding hydrogens is 280 g/mol. The lowest BCUT2D eigenvalue weighted by Gasteiger charge is -2.25. The number of cyclic esters (lactones) is 1. The Morgan fingerprint density at radius 1 is 1.20 bits per heavy atom. The lowest BCUT2D eigenvalue weighted by atomic mass is 10.0. The second kappa shape index (κ2) is 9.60. The van der Waals surface area contributed by atoms with E-state index in [4.69, 9.17) is 9.84 Å². The average Bonchev–Trinajstić information content (AvgIpc) is 2.41. The highest BCUT2D eigenvalue weighted by Gasteiger charge is 2.28. The summed E-state index contributed by atoms with van der Waals surface area (Å²) in [6, 6.07) is 0. The number of aliphatic hydroxyl groups excluding tert-OH is 3. The van der Waals surface area contributed by atoms with E-state index in [1.165, 1.54) is 11.8 Å². The third-order valence-corrected chi connectivity index (χ3v) is 4.71. The minimum Gasteiger partial charge on any atom is -0.462 e. The molecule has 1 rings (SSSR count). The number of ether oxygens (including phenoxy) is 1. The molecule has 0 aliphatic carbocycles. The van der Waals surface area contributed by atoms with Gasteiger partial charge in [0.05, 0.1) is 24.9 Å². The molecule has 1 aliphatic heterocycles. The molecule has 20 heavy (non-hydrogen) atoms. The van der Waals surface area contributed by atoms with Crippen LogP contribution in [-0.2, 0) is 9.53 Å². The molecule has 6 heteroatoms. The summed E-state index contributed by atoms with van der Waals surface area (Å²) >= 11 is 1.27. The quantitative estimate of drug-likeness (QED) is 0.677. The number of carbonyl (C=O) groups is 1. The van der Waals surface area contributed by atoms with Crippen LogP contribution in [-0.4, -0.2) is 57.2 Å². The van der Waals surface area contributed by atoms with Gasteiger partial charge in [-0.25, -0.2) is 0 Å². The molecule has 1 fully saturated rings. The van der Waals surface area contributed by atoms with Crippen LogP contribution >= 0.6 is 11.8 Å². The Bertz CT molecular complexity index is 287. The molecule has 0 bridgehead atoms. The van der Waals surface area contributed by atoms with E-state index in [9.17, 15) is 15.0 Å². The van der Waals surface area contributed by atoms with E-state index in [0.29, 0.717) is 12.2 Å². The second-order valence-corrected chi connectivity index (χ2v) is 6.65. The van der Waals surface area contributed by atoms with Gasteiger partial charge in [-0.05, 0) is 32.6 Å². The van der Waals surface area contributed by atoms with Crippen LogP contribution in [0.1, 0.15) is 45.4 Å². The number of carbonyl (C=O) groups excluding carboxylic acids is 1. The van der Waals surface area contributed by atoms with Gasteiger partial charge in [-0.1, -0.05) is 12.8 Å². The van der Waals surface area contributed by atoms with E-state index in [1.54, 1.807) is 0 Å². The first-order chi connectivity index (χ1) is 9.54. The van der Waals surface area contributed by atoms with Crippen LogP contribution in [0.15, 0.2) is 0 Å². The molecule has 1 aliphatic rings. The van der Waals surface area contributed by atoms with Crippen LogP contribution in [0, 0.1) is 0 Å². The van der Waals surface area contributed by atoms with Crippen molar-refractivity contribution in [2.24, 2.45) is 0 Å². The normalized spacial score (nSPS) is 33.9. The molecular formula is C14H26O5S. The van der Waals surface area contributed by atoms with E-state index in [-0.39, 0.29) is 25.1 Å². The number of thioether (sulfide) groups is 1. The first-order valence-electron chi connectivity index (χ1n) is 7.33. The minimum absolute atomic E-state index is 0.0251. The highest BCUT2D eigenvalue weighted by atomic mass is 32.2. The number of rotatable bonds is 3. The van der Waals surface area contributed by atoms with Gasteiger partial charge in [-0.3, -0.25) is 4.79 Å². The third kappa shape index (κ3) is 6.43. The van der Waals surface area contributed by atoms with Gasteiger partial charge in [0.2, 0.25) is 0 Å². The summed E-state index contributed by atoms with van der Waals surface area (Å²) < 4.78 is 5.38. The molecule has 0 aromatic carbocycles. The van der Waals surface area contributed by atoms with Gasteiger partial charge < -0.3 is 20.1 Å². The summed E-state index contributed by atoms with van der Waals surface area (Å²) in [6.45, 7) is 1.85. The minimum atomic E-state index is -0.923. The molecule has 0 aromatic heterocycles. The molecule has 1 heterocycles. The summed E-state index contributed by atoms with van der Waals surface area (Å²) in [7, 11) is 0. The Morgan fingerprint density at radius 2 is 1.90 bits per heavy atom. The number of aliphatic hydroxyl groups is 3. The first-order valence-corrected chi connectivity index (χ1v) is 8.38. The Balaban J connectivity index is 2.67. The Morgan fingerprint density at radius 3 is 2.60 bits per heavy atom. The fourth-order valence-corrected chi connectivity index (χ4v) is 3.21. The smallest absolute Gasteiger partial charge is 0.319 e. The molecule has 118 valence electrons. The second-order valence-electron chi connectivity index (χ2n) is 5.34. The zero-order chi connectivity index (χ0) is 15.0. The molecule has 3 N–H and O–H groups in total. The van der Waals surface area contributed by atoms with E-state index in [1.807, 2.05) is 6.92 Å². The molecule has 4 atom stereocenters. The van der Waals surface area contributed by atoms with Crippen LogP contribution in [0.3, 0.4) is 0 Å². The molecule has 0 aromatic rings. The van der Waals surface area contributed by atoms with Crippen molar-refractivity contribution in [1.82, 2.24) is 0 Å². The lowest BCUT2D eigenvalue weighted by molar-refractivity contribution is -0.149.